The summed E-state index contributed by atoms with van der Waals surface area (Å²) in [5.74, 6) is 0. The Morgan fingerprint density at radius 1 is 1.41 bits per heavy atom. The smallest absolute Gasteiger partial charge is 0.0997 e. The standard InChI is InChI=1S/C12H17N5/c1-2-6-14-11(12-9-15-17-16-12)8-10-5-3-4-7-13-10/h3-5,7,9,11,14H,2,6,8H2,1H3,(H,15,16,17). The summed E-state index contributed by atoms with van der Waals surface area (Å²) in [5, 5.41) is 14.1. The van der Waals surface area contributed by atoms with Gasteiger partial charge in [0.05, 0.1) is 17.9 Å². The molecule has 0 aliphatic heterocycles. The molecule has 17 heavy (non-hydrogen) atoms. The van der Waals surface area contributed by atoms with Gasteiger partial charge in [0.1, 0.15) is 0 Å². The lowest BCUT2D eigenvalue weighted by Crippen LogP contribution is -2.24. The van der Waals surface area contributed by atoms with Crippen LogP contribution < -0.4 is 5.32 Å². The third kappa shape index (κ3) is 3.35. The second-order valence-electron chi connectivity index (χ2n) is 3.93. The zero-order valence-corrected chi connectivity index (χ0v) is 9.93. The van der Waals surface area contributed by atoms with E-state index in [1.165, 1.54) is 0 Å². The molecule has 5 heteroatoms. The van der Waals surface area contributed by atoms with Crippen molar-refractivity contribution in [3.8, 4) is 0 Å². The van der Waals surface area contributed by atoms with Crippen molar-refractivity contribution in [2.45, 2.75) is 25.8 Å². The molecule has 0 saturated carbocycles. The molecule has 0 fully saturated rings. The van der Waals surface area contributed by atoms with Crippen LogP contribution in [0.25, 0.3) is 0 Å². The van der Waals surface area contributed by atoms with Crippen LogP contribution in [0.2, 0.25) is 0 Å². The van der Waals surface area contributed by atoms with Gasteiger partial charge in [-0.3, -0.25) is 4.98 Å². The highest BCUT2D eigenvalue weighted by Gasteiger charge is 2.14. The number of nitrogens with zero attached hydrogens (tertiary/aromatic N) is 3. The highest BCUT2D eigenvalue weighted by atomic mass is 15.3. The average molecular weight is 231 g/mol. The number of H-pyrrole nitrogens is 1. The first kappa shape index (κ1) is 11.7. The molecule has 2 rings (SSSR count). The van der Waals surface area contributed by atoms with E-state index in [1.807, 2.05) is 24.4 Å². The second-order valence-corrected chi connectivity index (χ2v) is 3.93. The first-order chi connectivity index (χ1) is 8.40. The average Bonchev–Trinajstić information content (AvgIpc) is 2.89. The van der Waals surface area contributed by atoms with E-state index in [0.717, 1.165) is 30.8 Å². The van der Waals surface area contributed by atoms with E-state index < -0.39 is 0 Å². The Bertz CT molecular complexity index is 412. The van der Waals surface area contributed by atoms with Crippen molar-refractivity contribution >= 4 is 0 Å². The molecule has 2 aromatic heterocycles. The summed E-state index contributed by atoms with van der Waals surface area (Å²) in [7, 11) is 0. The van der Waals surface area contributed by atoms with Crippen LogP contribution in [0.15, 0.2) is 30.6 Å². The highest BCUT2D eigenvalue weighted by Crippen LogP contribution is 2.13. The Morgan fingerprint density at radius 3 is 3.00 bits per heavy atom. The van der Waals surface area contributed by atoms with Crippen LogP contribution in [0.4, 0.5) is 0 Å². The van der Waals surface area contributed by atoms with E-state index >= 15 is 0 Å². The predicted molar refractivity (Wildman–Crippen MR) is 65.4 cm³/mol. The molecule has 2 heterocycles. The number of nitrogens with one attached hydrogen (secondary N) is 2. The molecule has 2 aromatic rings. The lowest BCUT2D eigenvalue weighted by Gasteiger charge is -2.15. The Balaban J connectivity index is 2.06. The van der Waals surface area contributed by atoms with Gasteiger partial charge >= 0.3 is 0 Å². The van der Waals surface area contributed by atoms with Gasteiger partial charge in [0.25, 0.3) is 0 Å². The molecule has 5 nitrogen and oxygen atoms in total. The van der Waals surface area contributed by atoms with Crippen LogP contribution >= 0.6 is 0 Å². The number of aromatic amines is 1. The van der Waals surface area contributed by atoms with Crippen LogP contribution in [-0.2, 0) is 6.42 Å². The Hall–Kier alpha value is -1.75. The van der Waals surface area contributed by atoms with E-state index in [9.17, 15) is 0 Å². The van der Waals surface area contributed by atoms with Crippen molar-refractivity contribution in [1.29, 1.82) is 0 Å². The Morgan fingerprint density at radius 2 is 2.35 bits per heavy atom. The largest absolute Gasteiger partial charge is 0.308 e. The van der Waals surface area contributed by atoms with Gasteiger partial charge in [0.15, 0.2) is 0 Å². The predicted octanol–water partition coefficient (Wildman–Crippen LogP) is 1.48. The molecule has 0 spiro atoms. The third-order valence-electron chi connectivity index (χ3n) is 2.57. The van der Waals surface area contributed by atoms with Crippen molar-refractivity contribution in [2.75, 3.05) is 6.54 Å². The molecule has 0 bridgehead atoms. The number of aromatic nitrogens is 4. The second kappa shape index (κ2) is 6.10. The fraction of sp³-hybridized carbons (Fsp3) is 0.417. The molecule has 0 radical (unpaired) electrons. The van der Waals surface area contributed by atoms with Crippen LogP contribution in [0.3, 0.4) is 0 Å². The maximum Gasteiger partial charge on any atom is 0.0997 e. The molecule has 1 unspecified atom stereocenters. The summed E-state index contributed by atoms with van der Waals surface area (Å²) >= 11 is 0. The first-order valence-electron chi connectivity index (χ1n) is 5.89. The van der Waals surface area contributed by atoms with Crippen molar-refractivity contribution in [1.82, 2.24) is 25.7 Å². The van der Waals surface area contributed by atoms with Crippen LogP contribution in [0.1, 0.15) is 30.8 Å². The molecule has 0 aliphatic carbocycles. The first-order valence-corrected chi connectivity index (χ1v) is 5.89. The number of pyridine rings is 1. The van der Waals surface area contributed by atoms with Gasteiger partial charge in [-0.2, -0.15) is 15.4 Å². The van der Waals surface area contributed by atoms with Gasteiger partial charge in [-0.05, 0) is 25.1 Å². The topological polar surface area (TPSA) is 66.5 Å². The minimum absolute atomic E-state index is 0.170. The monoisotopic (exact) mass is 231 g/mol. The number of hydrogen-bond acceptors (Lipinski definition) is 4. The minimum Gasteiger partial charge on any atom is -0.308 e. The summed E-state index contributed by atoms with van der Waals surface area (Å²) in [4.78, 5) is 4.34. The molecular formula is C12H17N5. The molecule has 2 N–H and O–H groups in total. The minimum atomic E-state index is 0.170. The maximum absolute atomic E-state index is 4.34. The van der Waals surface area contributed by atoms with Crippen LogP contribution in [-0.4, -0.2) is 26.9 Å². The lowest BCUT2D eigenvalue weighted by atomic mass is 10.1. The summed E-state index contributed by atoms with van der Waals surface area (Å²) in [5.41, 5.74) is 1.99. The van der Waals surface area contributed by atoms with Gasteiger partial charge in [-0.1, -0.05) is 13.0 Å². The normalized spacial score (nSPS) is 12.5. The molecule has 1 atom stereocenters. The SMILES string of the molecule is CCCNC(Cc1ccccn1)c1cn[nH]n1. The van der Waals surface area contributed by atoms with Gasteiger partial charge < -0.3 is 5.32 Å². The fourth-order valence-corrected chi connectivity index (χ4v) is 1.71. The third-order valence-corrected chi connectivity index (χ3v) is 2.57. The van der Waals surface area contributed by atoms with E-state index in [-0.39, 0.29) is 6.04 Å². The van der Waals surface area contributed by atoms with Crippen molar-refractivity contribution < 1.29 is 0 Å². The quantitative estimate of drug-likeness (QED) is 0.790. The van der Waals surface area contributed by atoms with E-state index in [1.54, 1.807) is 6.20 Å². The van der Waals surface area contributed by atoms with Crippen molar-refractivity contribution in [2.24, 2.45) is 0 Å². The summed E-state index contributed by atoms with van der Waals surface area (Å²) in [6.07, 6.45) is 5.50. The lowest BCUT2D eigenvalue weighted by molar-refractivity contribution is 0.512. The van der Waals surface area contributed by atoms with Crippen molar-refractivity contribution in [3.63, 3.8) is 0 Å². The zero-order chi connectivity index (χ0) is 11.9. The molecule has 0 aromatic carbocycles. The Kier molecular flexibility index (Phi) is 4.21. The number of hydrogen-bond donors (Lipinski definition) is 2. The summed E-state index contributed by atoms with van der Waals surface area (Å²) in [6.45, 7) is 3.11. The van der Waals surface area contributed by atoms with Gasteiger partial charge in [-0.15, -0.1) is 0 Å². The molecule has 0 aliphatic rings. The van der Waals surface area contributed by atoms with Crippen LogP contribution in [0.5, 0.6) is 0 Å². The fourth-order valence-electron chi connectivity index (χ4n) is 1.71. The van der Waals surface area contributed by atoms with Crippen LogP contribution in [0, 0.1) is 0 Å². The van der Waals surface area contributed by atoms with E-state index in [2.05, 4.69) is 32.6 Å². The number of rotatable bonds is 6. The highest BCUT2D eigenvalue weighted by molar-refractivity contribution is 5.10. The van der Waals surface area contributed by atoms with Crippen molar-refractivity contribution in [3.05, 3.63) is 42.0 Å². The zero-order valence-electron chi connectivity index (χ0n) is 9.93. The summed E-state index contributed by atoms with van der Waals surface area (Å²) in [6, 6.07) is 6.13. The molecular weight excluding hydrogens is 214 g/mol. The molecule has 0 amide bonds. The Labute approximate surface area is 101 Å². The van der Waals surface area contributed by atoms with Gasteiger partial charge in [-0.25, -0.2) is 0 Å². The van der Waals surface area contributed by atoms with Gasteiger partial charge in [0.2, 0.25) is 0 Å². The maximum atomic E-state index is 4.34. The van der Waals surface area contributed by atoms with E-state index in [0.29, 0.717) is 0 Å². The molecule has 90 valence electrons. The van der Waals surface area contributed by atoms with E-state index in [4.69, 9.17) is 0 Å². The molecule has 0 saturated heterocycles. The summed E-state index contributed by atoms with van der Waals surface area (Å²) < 4.78 is 0. The van der Waals surface area contributed by atoms with Gasteiger partial charge in [0, 0.05) is 18.3 Å².